The molecule has 0 bridgehead atoms. The van der Waals surface area contributed by atoms with Crippen molar-refractivity contribution >= 4 is 44.3 Å². The van der Waals surface area contributed by atoms with E-state index in [0.29, 0.717) is 16.7 Å². The van der Waals surface area contributed by atoms with E-state index in [0.717, 1.165) is 11.3 Å². The van der Waals surface area contributed by atoms with Gasteiger partial charge in [0.05, 0.1) is 18.4 Å². The second-order valence-corrected chi connectivity index (χ2v) is 4.29. The maximum absolute atomic E-state index is 11.1. The molecule has 16 heavy (non-hydrogen) atoms. The average molecular weight is 308 g/mol. The van der Waals surface area contributed by atoms with Gasteiger partial charge in [-0.2, -0.15) is 0 Å². The molecule has 0 fully saturated rings. The van der Waals surface area contributed by atoms with Crippen LogP contribution in [0.3, 0.4) is 0 Å². The number of nitrogens with zero attached hydrogens (tertiary/aromatic N) is 2. The maximum atomic E-state index is 11.1. The molecule has 1 rings (SSSR count). The molecule has 0 radical (unpaired) electrons. The number of carbonyl (C=O) groups is 2. The van der Waals surface area contributed by atoms with Gasteiger partial charge in [-0.25, -0.2) is 0 Å². The van der Waals surface area contributed by atoms with Crippen LogP contribution in [0.5, 0.6) is 0 Å². The fraction of sp³-hybridized carbons (Fsp3) is 0.500. The van der Waals surface area contributed by atoms with E-state index in [1.54, 1.807) is 6.92 Å². The Labute approximate surface area is 105 Å². The smallest absolute Gasteiger partial charge is 0.312 e. The summed E-state index contributed by atoms with van der Waals surface area (Å²) in [4.78, 5) is 22.1. The van der Waals surface area contributed by atoms with Crippen LogP contribution in [-0.2, 0) is 20.7 Å². The highest BCUT2D eigenvalue weighted by atomic mass is 79.9. The van der Waals surface area contributed by atoms with Gasteiger partial charge >= 0.3 is 5.97 Å². The van der Waals surface area contributed by atoms with Gasteiger partial charge in [0.1, 0.15) is 5.01 Å². The molecule has 88 valence electrons. The lowest BCUT2D eigenvalue weighted by molar-refractivity contribution is -0.142. The molecule has 0 aromatic carbocycles. The summed E-state index contributed by atoms with van der Waals surface area (Å²) in [5, 5.41) is 11.1. The van der Waals surface area contributed by atoms with Crippen molar-refractivity contribution in [3.8, 4) is 0 Å². The van der Waals surface area contributed by atoms with Crippen molar-refractivity contribution in [3.05, 3.63) is 5.01 Å². The number of alkyl halides is 1. The Morgan fingerprint density at radius 1 is 1.50 bits per heavy atom. The number of anilines is 1. The number of rotatable bonds is 5. The van der Waals surface area contributed by atoms with Crippen LogP contribution in [-0.4, -0.2) is 34.0 Å². The Kier molecular flexibility index (Phi) is 5.33. The first-order valence-corrected chi connectivity index (χ1v) is 6.43. The molecule has 0 unspecified atom stereocenters. The number of aromatic nitrogens is 2. The molecule has 1 N–H and O–H groups in total. The lowest BCUT2D eigenvalue weighted by atomic mass is 10.5. The van der Waals surface area contributed by atoms with Crippen molar-refractivity contribution in [2.24, 2.45) is 0 Å². The summed E-state index contributed by atoms with van der Waals surface area (Å²) in [7, 11) is 0. The van der Waals surface area contributed by atoms with Gasteiger partial charge in [0.25, 0.3) is 0 Å². The number of ether oxygens (including phenoxy) is 1. The number of hydrogen-bond donors (Lipinski definition) is 1. The van der Waals surface area contributed by atoms with Gasteiger partial charge in [0.2, 0.25) is 11.0 Å². The third-order valence-corrected chi connectivity index (χ3v) is 2.78. The summed E-state index contributed by atoms with van der Waals surface area (Å²) in [5.41, 5.74) is 0. The minimum atomic E-state index is -0.350. The van der Waals surface area contributed by atoms with Crippen molar-refractivity contribution < 1.29 is 14.3 Å². The van der Waals surface area contributed by atoms with Gasteiger partial charge in [-0.1, -0.05) is 27.3 Å². The van der Waals surface area contributed by atoms with E-state index in [4.69, 9.17) is 4.74 Å². The van der Waals surface area contributed by atoms with Gasteiger partial charge in [0, 0.05) is 0 Å². The largest absolute Gasteiger partial charge is 0.466 e. The van der Waals surface area contributed by atoms with Crippen LogP contribution in [0.25, 0.3) is 0 Å². The molecule has 6 nitrogen and oxygen atoms in total. The fourth-order valence-corrected chi connectivity index (χ4v) is 1.75. The molecule has 0 aliphatic carbocycles. The highest BCUT2D eigenvalue weighted by Gasteiger charge is 2.11. The molecular formula is C8H10BrN3O3S. The second-order valence-electron chi connectivity index (χ2n) is 2.66. The molecule has 1 aromatic heterocycles. The molecule has 0 atom stereocenters. The highest BCUT2D eigenvalue weighted by molar-refractivity contribution is 9.09. The van der Waals surface area contributed by atoms with Crippen LogP contribution in [0, 0.1) is 0 Å². The molecule has 0 aliphatic heterocycles. The quantitative estimate of drug-likeness (QED) is 0.648. The summed E-state index contributed by atoms with van der Waals surface area (Å²) in [6.07, 6.45) is 0.0791. The van der Waals surface area contributed by atoms with Crippen molar-refractivity contribution in [1.82, 2.24) is 10.2 Å². The number of hydrogen-bond acceptors (Lipinski definition) is 6. The van der Waals surface area contributed by atoms with E-state index < -0.39 is 0 Å². The number of amides is 1. The van der Waals surface area contributed by atoms with E-state index >= 15 is 0 Å². The van der Waals surface area contributed by atoms with Crippen LogP contribution in [0.2, 0.25) is 0 Å². The lowest BCUT2D eigenvalue weighted by Gasteiger charge is -1.97. The van der Waals surface area contributed by atoms with Gasteiger partial charge in [-0.05, 0) is 6.92 Å². The van der Waals surface area contributed by atoms with Gasteiger partial charge in [-0.15, -0.1) is 10.2 Å². The lowest BCUT2D eigenvalue weighted by Crippen LogP contribution is -2.11. The first-order chi connectivity index (χ1) is 7.65. The maximum Gasteiger partial charge on any atom is 0.312 e. The third-order valence-electron chi connectivity index (χ3n) is 1.44. The zero-order valence-corrected chi connectivity index (χ0v) is 10.9. The van der Waals surface area contributed by atoms with E-state index in [1.165, 1.54) is 0 Å². The monoisotopic (exact) mass is 307 g/mol. The van der Waals surface area contributed by atoms with Gasteiger partial charge in [-0.3, -0.25) is 14.9 Å². The summed E-state index contributed by atoms with van der Waals surface area (Å²) in [6.45, 7) is 2.07. The molecule has 1 aromatic rings. The van der Waals surface area contributed by atoms with Crippen LogP contribution < -0.4 is 5.32 Å². The molecule has 0 saturated heterocycles. The molecular weight excluding hydrogens is 298 g/mol. The average Bonchev–Trinajstić information content (AvgIpc) is 2.65. The zero-order chi connectivity index (χ0) is 12.0. The summed E-state index contributed by atoms with van der Waals surface area (Å²) in [5.74, 6) is -0.559. The molecule has 1 heterocycles. The first-order valence-electron chi connectivity index (χ1n) is 4.49. The minimum absolute atomic E-state index is 0.0791. The summed E-state index contributed by atoms with van der Waals surface area (Å²) < 4.78 is 4.76. The zero-order valence-electron chi connectivity index (χ0n) is 8.53. The van der Waals surface area contributed by atoms with Crippen LogP contribution in [0.1, 0.15) is 11.9 Å². The van der Waals surface area contributed by atoms with E-state index in [2.05, 4.69) is 31.4 Å². The van der Waals surface area contributed by atoms with Crippen LogP contribution >= 0.6 is 27.3 Å². The predicted molar refractivity (Wildman–Crippen MR) is 62.7 cm³/mol. The first kappa shape index (κ1) is 13.0. The summed E-state index contributed by atoms with van der Waals surface area (Å²) in [6, 6.07) is 0. The Hall–Kier alpha value is -1.02. The number of halogens is 1. The predicted octanol–water partition coefficient (Wildman–Crippen LogP) is 0.977. The topological polar surface area (TPSA) is 81.2 Å². The van der Waals surface area contributed by atoms with Gasteiger partial charge in [0.15, 0.2) is 0 Å². The Morgan fingerprint density at radius 2 is 2.25 bits per heavy atom. The number of carbonyl (C=O) groups excluding carboxylic acids is 2. The summed E-state index contributed by atoms with van der Waals surface area (Å²) >= 11 is 4.17. The van der Waals surface area contributed by atoms with Crippen LogP contribution in [0.15, 0.2) is 0 Å². The number of nitrogens with one attached hydrogen (secondary N) is 1. The van der Waals surface area contributed by atoms with Crippen molar-refractivity contribution in [3.63, 3.8) is 0 Å². The highest BCUT2D eigenvalue weighted by Crippen LogP contribution is 2.15. The molecule has 0 saturated carbocycles. The Morgan fingerprint density at radius 3 is 2.88 bits per heavy atom. The SMILES string of the molecule is CCOC(=O)Cc1nnc(NC(=O)CBr)s1. The fourth-order valence-electron chi connectivity index (χ4n) is 0.864. The molecule has 1 amide bonds. The second kappa shape index (κ2) is 6.54. The number of esters is 1. The Bertz CT molecular complexity index is 382. The molecule has 0 aliphatic rings. The van der Waals surface area contributed by atoms with Gasteiger partial charge < -0.3 is 4.74 Å². The molecule has 8 heteroatoms. The van der Waals surface area contributed by atoms with E-state index in [9.17, 15) is 9.59 Å². The minimum Gasteiger partial charge on any atom is -0.466 e. The van der Waals surface area contributed by atoms with Crippen molar-refractivity contribution in [2.75, 3.05) is 17.3 Å². The van der Waals surface area contributed by atoms with Crippen molar-refractivity contribution in [1.29, 1.82) is 0 Å². The normalized spacial score (nSPS) is 9.88. The Balaban J connectivity index is 2.51. The third kappa shape index (κ3) is 4.23. The standard InChI is InChI=1S/C8H10BrN3O3S/c1-2-15-7(14)3-6-11-12-8(16-6)10-5(13)4-9/h2-4H2,1H3,(H,10,12,13). The van der Waals surface area contributed by atoms with E-state index in [-0.39, 0.29) is 23.6 Å². The molecule has 0 spiro atoms. The van der Waals surface area contributed by atoms with Crippen molar-refractivity contribution in [2.45, 2.75) is 13.3 Å². The van der Waals surface area contributed by atoms with Crippen LogP contribution in [0.4, 0.5) is 5.13 Å². The van der Waals surface area contributed by atoms with E-state index in [1.807, 2.05) is 0 Å².